The molecular weight excluding hydrogens is 362 g/mol. The molecule has 0 aliphatic carbocycles. The van der Waals surface area contributed by atoms with Crippen LogP contribution in [0.25, 0.3) is 0 Å². The minimum Gasteiger partial charge on any atom is -0.496 e. The van der Waals surface area contributed by atoms with Gasteiger partial charge in [0, 0.05) is 13.1 Å². The Morgan fingerprint density at radius 3 is 2.48 bits per heavy atom. The zero-order valence-electron chi connectivity index (χ0n) is 16.7. The lowest BCUT2D eigenvalue weighted by atomic mass is 10.1. The molecule has 2 aromatic carbocycles. The van der Waals surface area contributed by atoms with Gasteiger partial charge in [-0.15, -0.1) is 0 Å². The Hall–Kier alpha value is -3.34. The Bertz CT molecular complexity index is 896. The van der Waals surface area contributed by atoms with Crippen molar-refractivity contribution in [3.05, 3.63) is 89.7 Å². The molecule has 0 bridgehead atoms. The van der Waals surface area contributed by atoms with Crippen molar-refractivity contribution in [3.63, 3.8) is 0 Å². The Morgan fingerprint density at radius 2 is 1.72 bits per heavy atom. The third-order valence-corrected chi connectivity index (χ3v) is 4.68. The summed E-state index contributed by atoms with van der Waals surface area (Å²) in [4.78, 5) is 16.5. The van der Waals surface area contributed by atoms with E-state index in [0.717, 1.165) is 42.8 Å². The van der Waals surface area contributed by atoms with E-state index in [0.29, 0.717) is 12.2 Å². The number of anilines is 1. The topological polar surface area (TPSA) is 63.2 Å². The van der Waals surface area contributed by atoms with Crippen molar-refractivity contribution in [1.82, 2.24) is 10.3 Å². The fourth-order valence-electron chi connectivity index (χ4n) is 3.11. The number of amides is 1. The van der Waals surface area contributed by atoms with E-state index >= 15 is 0 Å². The van der Waals surface area contributed by atoms with Crippen LogP contribution in [0.5, 0.6) is 5.75 Å². The molecule has 0 saturated carbocycles. The summed E-state index contributed by atoms with van der Waals surface area (Å²) >= 11 is 0. The van der Waals surface area contributed by atoms with Crippen molar-refractivity contribution in [3.8, 4) is 5.75 Å². The van der Waals surface area contributed by atoms with Crippen LogP contribution in [-0.4, -0.2) is 31.1 Å². The molecule has 0 aliphatic rings. The van der Waals surface area contributed by atoms with Crippen LogP contribution >= 0.6 is 0 Å². The summed E-state index contributed by atoms with van der Waals surface area (Å²) in [6.45, 7) is 1.39. The molecule has 5 nitrogen and oxygen atoms in total. The molecule has 2 N–H and O–H groups in total. The lowest BCUT2D eigenvalue weighted by Gasteiger charge is -2.10. The summed E-state index contributed by atoms with van der Waals surface area (Å²) < 4.78 is 5.37. The van der Waals surface area contributed by atoms with Gasteiger partial charge in [0.25, 0.3) is 5.91 Å². The number of pyridine rings is 1. The normalized spacial score (nSPS) is 10.4. The number of carbonyl (C=O) groups is 1. The SMILES string of the molecule is COc1ccccc1CCNc1ccc(C(=O)NCCCc2ccccc2)nc1. The van der Waals surface area contributed by atoms with E-state index in [-0.39, 0.29) is 5.91 Å². The van der Waals surface area contributed by atoms with Crippen molar-refractivity contribution in [2.75, 3.05) is 25.5 Å². The van der Waals surface area contributed by atoms with Crippen molar-refractivity contribution in [2.45, 2.75) is 19.3 Å². The number of hydrogen-bond acceptors (Lipinski definition) is 4. The van der Waals surface area contributed by atoms with E-state index in [1.54, 1.807) is 19.4 Å². The molecule has 0 spiro atoms. The molecule has 0 saturated heterocycles. The highest BCUT2D eigenvalue weighted by molar-refractivity contribution is 5.92. The van der Waals surface area contributed by atoms with Crippen LogP contribution in [0, 0.1) is 0 Å². The van der Waals surface area contributed by atoms with Crippen molar-refractivity contribution < 1.29 is 9.53 Å². The second-order valence-corrected chi connectivity index (χ2v) is 6.77. The summed E-state index contributed by atoms with van der Waals surface area (Å²) in [6, 6.07) is 21.9. The van der Waals surface area contributed by atoms with Crippen molar-refractivity contribution in [2.24, 2.45) is 0 Å². The number of hydrogen-bond donors (Lipinski definition) is 2. The molecule has 1 aromatic heterocycles. The van der Waals surface area contributed by atoms with E-state index in [1.165, 1.54) is 5.56 Å². The summed E-state index contributed by atoms with van der Waals surface area (Å²) in [5, 5.41) is 6.26. The van der Waals surface area contributed by atoms with Gasteiger partial charge in [0.05, 0.1) is 19.0 Å². The Balaban J connectivity index is 1.40. The molecule has 0 aliphatic heterocycles. The molecule has 3 aromatic rings. The molecule has 29 heavy (non-hydrogen) atoms. The lowest BCUT2D eigenvalue weighted by Crippen LogP contribution is -2.25. The number of aromatic nitrogens is 1. The number of rotatable bonds is 10. The monoisotopic (exact) mass is 389 g/mol. The second-order valence-electron chi connectivity index (χ2n) is 6.77. The fourth-order valence-corrected chi connectivity index (χ4v) is 3.11. The van der Waals surface area contributed by atoms with Gasteiger partial charge in [-0.3, -0.25) is 4.79 Å². The third kappa shape index (κ3) is 6.35. The molecule has 150 valence electrons. The largest absolute Gasteiger partial charge is 0.496 e. The van der Waals surface area contributed by atoms with E-state index in [1.807, 2.05) is 42.5 Å². The number of nitrogens with zero attached hydrogens (tertiary/aromatic N) is 1. The standard InChI is InChI=1S/C24H27N3O2/c1-29-23-12-6-5-11-20(23)15-17-25-21-13-14-22(27-18-21)24(28)26-16-7-10-19-8-3-2-4-9-19/h2-6,8-9,11-14,18,25H,7,10,15-17H2,1H3,(H,26,28). The fraction of sp³-hybridized carbons (Fsp3) is 0.250. The number of para-hydroxylation sites is 1. The smallest absolute Gasteiger partial charge is 0.269 e. The quantitative estimate of drug-likeness (QED) is 0.512. The molecule has 0 atom stereocenters. The Morgan fingerprint density at radius 1 is 0.931 bits per heavy atom. The van der Waals surface area contributed by atoms with Crippen LogP contribution in [0.1, 0.15) is 28.0 Å². The first kappa shape index (κ1) is 20.4. The predicted octanol–water partition coefficient (Wildman–Crippen LogP) is 4.11. The molecule has 1 amide bonds. The molecule has 0 radical (unpaired) electrons. The number of ether oxygens (including phenoxy) is 1. The van der Waals surface area contributed by atoms with Gasteiger partial charge in [-0.05, 0) is 48.6 Å². The summed E-state index contributed by atoms with van der Waals surface area (Å²) in [5.74, 6) is 0.755. The average molecular weight is 389 g/mol. The molecule has 0 fully saturated rings. The van der Waals surface area contributed by atoms with E-state index in [4.69, 9.17) is 4.74 Å². The number of nitrogens with one attached hydrogen (secondary N) is 2. The van der Waals surface area contributed by atoms with E-state index in [9.17, 15) is 4.79 Å². The van der Waals surface area contributed by atoms with Crippen LogP contribution in [0.2, 0.25) is 0 Å². The maximum absolute atomic E-state index is 12.2. The maximum atomic E-state index is 12.2. The zero-order valence-corrected chi connectivity index (χ0v) is 16.7. The molecule has 3 rings (SSSR count). The summed E-state index contributed by atoms with van der Waals surface area (Å²) in [6.07, 6.45) is 4.39. The molecule has 0 unspecified atom stereocenters. The highest BCUT2D eigenvalue weighted by Crippen LogP contribution is 2.18. The first-order chi connectivity index (χ1) is 14.3. The average Bonchev–Trinajstić information content (AvgIpc) is 2.78. The van der Waals surface area contributed by atoms with Gasteiger partial charge in [0.2, 0.25) is 0 Å². The van der Waals surface area contributed by atoms with Crippen LogP contribution in [-0.2, 0) is 12.8 Å². The first-order valence-corrected chi connectivity index (χ1v) is 9.90. The third-order valence-electron chi connectivity index (χ3n) is 4.68. The Kier molecular flexibility index (Phi) is 7.63. The minimum absolute atomic E-state index is 0.140. The maximum Gasteiger partial charge on any atom is 0.269 e. The number of benzene rings is 2. The van der Waals surface area contributed by atoms with Gasteiger partial charge >= 0.3 is 0 Å². The number of aryl methyl sites for hydroxylation is 1. The number of methoxy groups -OCH3 is 1. The molecular formula is C24H27N3O2. The van der Waals surface area contributed by atoms with Gasteiger partial charge in [-0.25, -0.2) is 4.98 Å². The molecule has 5 heteroatoms. The van der Waals surface area contributed by atoms with Crippen LogP contribution in [0.3, 0.4) is 0 Å². The second kappa shape index (κ2) is 10.9. The van der Waals surface area contributed by atoms with Gasteiger partial charge in [0.15, 0.2) is 0 Å². The summed E-state index contributed by atoms with van der Waals surface area (Å²) in [5.41, 5.74) is 3.76. The van der Waals surface area contributed by atoms with E-state index < -0.39 is 0 Å². The van der Waals surface area contributed by atoms with Crippen LogP contribution < -0.4 is 15.4 Å². The lowest BCUT2D eigenvalue weighted by molar-refractivity contribution is 0.0948. The summed E-state index contributed by atoms with van der Waals surface area (Å²) in [7, 11) is 1.68. The highest BCUT2D eigenvalue weighted by atomic mass is 16.5. The van der Waals surface area contributed by atoms with Crippen LogP contribution in [0.4, 0.5) is 5.69 Å². The Labute approximate surface area is 172 Å². The first-order valence-electron chi connectivity index (χ1n) is 9.90. The predicted molar refractivity (Wildman–Crippen MR) is 117 cm³/mol. The minimum atomic E-state index is -0.140. The van der Waals surface area contributed by atoms with Gasteiger partial charge < -0.3 is 15.4 Å². The molecule has 1 heterocycles. The van der Waals surface area contributed by atoms with Gasteiger partial charge in [-0.2, -0.15) is 0 Å². The number of carbonyl (C=O) groups excluding carboxylic acids is 1. The van der Waals surface area contributed by atoms with Crippen LogP contribution in [0.15, 0.2) is 72.9 Å². The van der Waals surface area contributed by atoms with Crippen molar-refractivity contribution in [1.29, 1.82) is 0 Å². The van der Waals surface area contributed by atoms with Gasteiger partial charge in [0.1, 0.15) is 11.4 Å². The van der Waals surface area contributed by atoms with Gasteiger partial charge in [-0.1, -0.05) is 48.5 Å². The van der Waals surface area contributed by atoms with E-state index in [2.05, 4.69) is 33.8 Å². The van der Waals surface area contributed by atoms with Crippen molar-refractivity contribution >= 4 is 11.6 Å². The highest BCUT2D eigenvalue weighted by Gasteiger charge is 2.07. The zero-order chi connectivity index (χ0) is 20.3.